The fourth-order valence-corrected chi connectivity index (χ4v) is 4.26. The van der Waals surface area contributed by atoms with E-state index in [4.69, 9.17) is 22.1 Å². The van der Waals surface area contributed by atoms with Gasteiger partial charge in [-0.3, -0.25) is 0 Å². The Bertz CT molecular complexity index is 577. The van der Waals surface area contributed by atoms with Crippen LogP contribution in [0, 0.1) is 0 Å². The fraction of sp³-hybridized carbons (Fsp3) is 0.538. The molecule has 1 fully saturated rings. The van der Waals surface area contributed by atoms with Crippen LogP contribution in [0.2, 0.25) is 5.02 Å². The number of nitrogens with one attached hydrogen (secondary N) is 1. The van der Waals surface area contributed by atoms with E-state index < -0.39 is 10.0 Å². The van der Waals surface area contributed by atoms with Gasteiger partial charge in [0.2, 0.25) is 10.0 Å². The quantitative estimate of drug-likeness (QED) is 0.865. The Morgan fingerprint density at radius 3 is 2.80 bits per heavy atom. The Labute approximate surface area is 124 Å². The minimum Gasteiger partial charge on any atom is -0.381 e. The highest BCUT2D eigenvalue weighted by Gasteiger charge is 2.29. The Hall–Kier alpha value is -0.660. The van der Waals surface area contributed by atoms with Crippen LogP contribution in [0.3, 0.4) is 0 Å². The third-order valence-electron chi connectivity index (χ3n) is 3.56. The van der Waals surface area contributed by atoms with Crippen molar-refractivity contribution in [3.05, 3.63) is 28.8 Å². The minimum atomic E-state index is -3.63. The monoisotopic (exact) mass is 318 g/mol. The number of nitrogens with two attached hydrogens (primary N) is 1. The van der Waals surface area contributed by atoms with Crippen molar-refractivity contribution < 1.29 is 13.2 Å². The zero-order valence-corrected chi connectivity index (χ0v) is 12.9. The maximum absolute atomic E-state index is 12.4. The first-order chi connectivity index (χ1) is 9.46. The van der Waals surface area contributed by atoms with Gasteiger partial charge in [-0.25, -0.2) is 13.1 Å². The Balaban J connectivity index is 2.18. The maximum atomic E-state index is 12.4. The van der Waals surface area contributed by atoms with Crippen LogP contribution in [0.4, 0.5) is 0 Å². The molecule has 1 aromatic rings. The zero-order chi connectivity index (χ0) is 14.8. The lowest BCUT2D eigenvalue weighted by atomic mass is 10.2. The van der Waals surface area contributed by atoms with E-state index in [-0.39, 0.29) is 28.6 Å². The van der Waals surface area contributed by atoms with Gasteiger partial charge >= 0.3 is 0 Å². The molecule has 112 valence electrons. The number of benzene rings is 1. The topological polar surface area (TPSA) is 81.4 Å². The van der Waals surface area contributed by atoms with E-state index in [9.17, 15) is 8.42 Å². The molecular formula is C13H19ClN2O3S. The number of sulfonamides is 1. The third-order valence-corrected chi connectivity index (χ3v) is 5.56. The van der Waals surface area contributed by atoms with E-state index in [0.29, 0.717) is 6.42 Å². The summed E-state index contributed by atoms with van der Waals surface area (Å²) in [5, 5.41) is 0.205. The van der Waals surface area contributed by atoms with Crippen molar-refractivity contribution in [2.24, 2.45) is 5.73 Å². The van der Waals surface area contributed by atoms with Gasteiger partial charge in [-0.2, -0.15) is 0 Å². The summed E-state index contributed by atoms with van der Waals surface area (Å²) in [4.78, 5) is 0.0861. The molecule has 3 N–H and O–H groups in total. The average molecular weight is 319 g/mol. The molecule has 0 saturated heterocycles. The van der Waals surface area contributed by atoms with E-state index >= 15 is 0 Å². The van der Waals surface area contributed by atoms with Gasteiger partial charge in [-0.05, 0) is 37.0 Å². The zero-order valence-electron chi connectivity index (χ0n) is 11.3. The van der Waals surface area contributed by atoms with Gasteiger partial charge in [-0.1, -0.05) is 17.7 Å². The molecular weight excluding hydrogens is 300 g/mol. The van der Waals surface area contributed by atoms with Crippen molar-refractivity contribution in [2.75, 3.05) is 7.11 Å². The van der Waals surface area contributed by atoms with Gasteiger partial charge in [0, 0.05) is 19.7 Å². The molecule has 2 unspecified atom stereocenters. The van der Waals surface area contributed by atoms with Gasteiger partial charge in [0.1, 0.15) is 4.90 Å². The van der Waals surface area contributed by atoms with Crippen LogP contribution in [0.25, 0.3) is 0 Å². The number of hydrogen-bond donors (Lipinski definition) is 2. The predicted octanol–water partition coefficient (Wildman–Crippen LogP) is 1.64. The lowest BCUT2D eigenvalue weighted by Gasteiger charge is -2.15. The van der Waals surface area contributed by atoms with Crippen LogP contribution in [-0.2, 0) is 21.3 Å². The van der Waals surface area contributed by atoms with Crippen LogP contribution >= 0.6 is 11.6 Å². The lowest BCUT2D eigenvalue weighted by molar-refractivity contribution is 0.107. The van der Waals surface area contributed by atoms with Crippen molar-refractivity contribution in [1.29, 1.82) is 0 Å². The molecule has 0 bridgehead atoms. The SMILES string of the molecule is COC1CCC(NS(=O)(=O)c2cc(CN)ccc2Cl)C1. The van der Waals surface area contributed by atoms with Crippen molar-refractivity contribution in [2.45, 2.75) is 42.8 Å². The van der Waals surface area contributed by atoms with E-state index in [1.54, 1.807) is 19.2 Å². The number of hydrogen-bond acceptors (Lipinski definition) is 4. The summed E-state index contributed by atoms with van der Waals surface area (Å²) in [6.45, 7) is 0.273. The second kappa shape index (κ2) is 6.41. The minimum absolute atomic E-state index is 0.0861. The predicted molar refractivity (Wildman–Crippen MR) is 78.1 cm³/mol. The Morgan fingerprint density at radius 2 is 2.20 bits per heavy atom. The second-order valence-electron chi connectivity index (χ2n) is 4.96. The third kappa shape index (κ3) is 3.51. The molecule has 1 aromatic carbocycles. The van der Waals surface area contributed by atoms with Gasteiger partial charge in [0.05, 0.1) is 11.1 Å². The first-order valence-electron chi connectivity index (χ1n) is 6.50. The fourth-order valence-electron chi connectivity index (χ4n) is 2.42. The van der Waals surface area contributed by atoms with Crippen molar-refractivity contribution in [3.63, 3.8) is 0 Å². The summed E-state index contributed by atoms with van der Waals surface area (Å²) in [7, 11) is -1.99. The molecule has 0 aromatic heterocycles. The van der Waals surface area contributed by atoms with Gasteiger partial charge < -0.3 is 10.5 Å². The molecule has 1 saturated carbocycles. The summed E-state index contributed by atoms with van der Waals surface area (Å²) < 4.78 is 32.7. The Kier molecular flexibility index (Phi) is 5.04. The van der Waals surface area contributed by atoms with Gasteiger partial charge in [-0.15, -0.1) is 0 Å². The molecule has 20 heavy (non-hydrogen) atoms. The Morgan fingerprint density at radius 1 is 1.45 bits per heavy atom. The van der Waals surface area contributed by atoms with E-state index in [2.05, 4.69) is 4.72 Å². The standard InChI is InChI=1S/C13H19ClN2O3S/c1-19-11-4-3-10(7-11)16-20(17,18)13-6-9(8-15)2-5-12(13)14/h2,5-6,10-11,16H,3-4,7-8,15H2,1H3. The number of rotatable bonds is 5. The van der Waals surface area contributed by atoms with Gasteiger partial charge in [0.25, 0.3) is 0 Å². The molecule has 1 aliphatic carbocycles. The molecule has 5 nitrogen and oxygen atoms in total. The summed E-state index contributed by atoms with van der Waals surface area (Å²) in [6.07, 6.45) is 2.43. The highest BCUT2D eigenvalue weighted by Crippen LogP contribution is 2.26. The molecule has 1 aliphatic rings. The molecule has 2 atom stereocenters. The summed E-state index contributed by atoms with van der Waals surface area (Å²) in [5.74, 6) is 0. The van der Waals surface area contributed by atoms with Crippen molar-refractivity contribution >= 4 is 21.6 Å². The summed E-state index contributed by atoms with van der Waals surface area (Å²) in [5.41, 5.74) is 6.27. The summed E-state index contributed by atoms with van der Waals surface area (Å²) >= 11 is 5.99. The highest BCUT2D eigenvalue weighted by molar-refractivity contribution is 7.89. The van der Waals surface area contributed by atoms with Crippen molar-refractivity contribution in [1.82, 2.24) is 4.72 Å². The normalized spacial score (nSPS) is 23.1. The lowest BCUT2D eigenvalue weighted by Crippen LogP contribution is -2.33. The maximum Gasteiger partial charge on any atom is 0.242 e. The first-order valence-corrected chi connectivity index (χ1v) is 8.36. The number of halogens is 1. The first kappa shape index (κ1) is 15.7. The number of methoxy groups -OCH3 is 1. The van der Waals surface area contributed by atoms with Crippen LogP contribution in [0.15, 0.2) is 23.1 Å². The second-order valence-corrected chi connectivity index (χ2v) is 7.05. The average Bonchev–Trinajstić information content (AvgIpc) is 2.86. The highest BCUT2D eigenvalue weighted by atomic mass is 35.5. The largest absolute Gasteiger partial charge is 0.381 e. The van der Waals surface area contributed by atoms with Crippen LogP contribution in [-0.4, -0.2) is 27.7 Å². The van der Waals surface area contributed by atoms with E-state index in [1.807, 2.05) is 0 Å². The van der Waals surface area contributed by atoms with Crippen LogP contribution in [0.1, 0.15) is 24.8 Å². The van der Waals surface area contributed by atoms with E-state index in [1.165, 1.54) is 6.07 Å². The summed E-state index contributed by atoms with van der Waals surface area (Å²) in [6, 6.07) is 4.69. The molecule has 0 amide bonds. The molecule has 0 spiro atoms. The molecule has 2 rings (SSSR count). The van der Waals surface area contributed by atoms with Gasteiger partial charge in [0.15, 0.2) is 0 Å². The molecule has 0 aliphatic heterocycles. The van der Waals surface area contributed by atoms with Crippen LogP contribution < -0.4 is 10.5 Å². The molecule has 7 heteroatoms. The van der Waals surface area contributed by atoms with E-state index in [0.717, 1.165) is 18.4 Å². The number of ether oxygens (including phenoxy) is 1. The molecule has 0 heterocycles. The molecule has 0 radical (unpaired) electrons. The smallest absolute Gasteiger partial charge is 0.242 e. The van der Waals surface area contributed by atoms with Crippen LogP contribution in [0.5, 0.6) is 0 Å². The van der Waals surface area contributed by atoms with Crippen molar-refractivity contribution in [3.8, 4) is 0 Å².